The number of amides is 1. The SMILES string of the molecule is CCNC(=O)COc1cccc(CN=C(NCC)N(C)Cc2cn(C)nc2C(C)C)c1.I. The second kappa shape index (κ2) is 14.0. The number of aromatic nitrogens is 2. The van der Waals surface area contributed by atoms with Gasteiger partial charge in [-0.3, -0.25) is 9.48 Å². The molecule has 0 fully saturated rings. The number of guanidine groups is 1. The maximum absolute atomic E-state index is 11.6. The average molecular weight is 556 g/mol. The van der Waals surface area contributed by atoms with Gasteiger partial charge in [0, 0.05) is 45.5 Å². The molecule has 0 spiro atoms. The molecule has 1 aromatic carbocycles. The fourth-order valence-electron chi connectivity index (χ4n) is 3.26. The molecule has 0 saturated carbocycles. The topological polar surface area (TPSA) is 83.8 Å². The van der Waals surface area contributed by atoms with Gasteiger partial charge in [-0.1, -0.05) is 26.0 Å². The highest BCUT2D eigenvalue weighted by molar-refractivity contribution is 14.0. The normalized spacial score (nSPS) is 11.2. The van der Waals surface area contributed by atoms with Crippen LogP contribution in [0.1, 0.15) is 50.4 Å². The number of carbonyl (C=O) groups excluding carboxylic acids is 1. The molecule has 0 aliphatic carbocycles. The molecule has 2 N–H and O–H groups in total. The highest BCUT2D eigenvalue weighted by Crippen LogP contribution is 2.19. The summed E-state index contributed by atoms with van der Waals surface area (Å²) >= 11 is 0. The Kier molecular flexibility index (Phi) is 12.1. The maximum Gasteiger partial charge on any atom is 0.257 e. The van der Waals surface area contributed by atoms with E-state index in [9.17, 15) is 4.79 Å². The van der Waals surface area contributed by atoms with E-state index in [1.807, 2.05) is 50.0 Å². The van der Waals surface area contributed by atoms with Gasteiger partial charge in [0.25, 0.3) is 5.91 Å². The lowest BCUT2D eigenvalue weighted by Gasteiger charge is -2.22. The van der Waals surface area contributed by atoms with Gasteiger partial charge >= 0.3 is 0 Å². The molecule has 0 aliphatic rings. The zero-order chi connectivity index (χ0) is 22.8. The third-order valence-electron chi connectivity index (χ3n) is 4.64. The molecule has 1 amide bonds. The number of hydrogen-bond donors (Lipinski definition) is 2. The van der Waals surface area contributed by atoms with E-state index in [0.29, 0.717) is 24.8 Å². The first-order chi connectivity index (χ1) is 14.8. The van der Waals surface area contributed by atoms with Crippen molar-refractivity contribution < 1.29 is 9.53 Å². The maximum atomic E-state index is 11.6. The molecule has 9 heteroatoms. The van der Waals surface area contributed by atoms with Crippen molar-refractivity contribution in [2.24, 2.45) is 12.0 Å². The van der Waals surface area contributed by atoms with Crippen LogP contribution in [0.15, 0.2) is 35.5 Å². The first-order valence-corrected chi connectivity index (χ1v) is 10.8. The van der Waals surface area contributed by atoms with Crippen LogP contribution in [0, 0.1) is 0 Å². The molecule has 2 aromatic rings. The van der Waals surface area contributed by atoms with E-state index in [-0.39, 0.29) is 36.5 Å². The molecule has 0 saturated heterocycles. The molecular weight excluding hydrogens is 519 g/mol. The Morgan fingerprint density at radius 1 is 1.25 bits per heavy atom. The van der Waals surface area contributed by atoms with Crippen LogP contribution in [0.3, 0.4) is 0 Å². The zero-order valence-electron chi connectivity index (χ0n) is 20.0. The van der Waals surface area contributed by atoms with Crippen LogP contribution in [-0.2, 0) is 24.9 Å². The number of aliphatic imine (C=N–C) groups is 1. The van der Waals surface area contributed by atoms with Crippen molar-refractivity contribution >= 4 is 35.8 Å². The number of ether oxygens (including phenoxy) is 1. The van der Waals surface area contributed by atoms with Crippen LogP contribution in [-0.4, -0.2) is 53.3 Å². The molecule has 32 heavy (non-hydrogen) atoms. The number of carbonyl (C=O) groups is 1. The van der Waals surface area contributed by atoms with Gasteiger partial charge < -0.3 is 20.3 Å². The van der Waals surface area contributed by atoms with Gasteiger partial charge in [-0.15, -0.1) is 24.0 Å². The number of nitrogens with zero attached hydrogens (tertiary/aromatic N) is 4. The summed E-state index contributed by atoms with van der Waals surface area (Å²) in [5, 5.41) is 10.7. The minimum Gasteiger partial charge on any atom is -0.484 e. The van der Waals surface area contributed by atoms with Crippen molar-refractivity contribution in [3.8, 4) is 5.75 Å². The Labute approximate surface area is 208 Å². The Balaban J connectivity index is 0.00000512. The van der Waals surface area contributed by atoms with E-state index in [4.69, 9.17) is 9.73 Å². The molecule has 1 heterocycles. The molecule has 0 unspecified atom stereocenters. The van der Waals surface area contributed by atoms with Crippen LogP contribution in [0.4, 0.5) is 0 Å². The third kappa shape index (κ3) is 8.68. The van der Waals surface area contributed by atoms with Gasteiger partial charge in [0.1, 0.15) is 5.75 Å². The van der Waals surface area contributed by atoms with Crippen LogP contribution < -0.4 is 15.4 Å². The number of halogens is 1. The smallest absolute Gasteiger partial charge is 0.257 e. The third-order valence-corrected chi connectivity index (χ3v) is 4.64. The van der Waals surface area contributed by atoms with E-state index in [1.165, 1.54) is 5.56 Å². The fraction of sp³-hybridized carbons (Fsp3) is 0.522. The standard InChI is InChI=1S/C23H36N6O2.HI/c1-7-24-21(30)16-31-20-11-9-10-18(12-20)13-26-23(25-8-2)28(5)14-19-15-29(6)27-22(19)17(3)4;/h9-12,15,17H,7-8,13-14,16H2,1-6H3,(H,24,30)(H,25,26);1H. The van der Waals surface area contributed by atoms with Crippen molar-refractivity contribution in [3.05, 3.63) is 47.3 Å². The largest absolute Gasteiger partial charge is 0.484 e. The van der Waals surface area contributed by atoms with Crippen molar-refractivity contribution in [1.82, 2.24) is 25.3 Å². The van der Waals surface area contributed by atoms with Gasteiger partial charge in [-0.25, -0.2) is 4.99 Å². The molecule has 0 atom stereocenters. The summed E-state index contributed by atoms with van der Waals surface area (Å²) in [4.78, 5) is 18.5. The van der Waals surface area contributed by atoms with Crippen molar-refractivity contribution in [2.45, 2.75) is 46.7 Å². The monoisotopic (exact) mass is 556 g/mol. The molecule has 0 radical (unpaired) electrons. The summed E-state index contributed by atoms with van der Waals surface area (Å²) in [5.74, 6) is 1.73. The van der Waals surface area contributed by atoms with Gasteiger partial charge in [-0.2, -0.15) is 5.10 Å². The van der Waals surface area contributed by atoms with Crippen LogP contribution >= 0.6 is 24.0 Å². The van der Waals surface area contributed by atoms with E-state index in [2.05, 4.69) is 47.6 Å². The van der Waals surface area contributed by atoms with Crippen LogP contribution in [0.25, 0.3) is 0 Å². The second-order valence-electron chi connectivity index (χ2n) is 7.78. The van der Waals surface area contributed by atoms with Crippen LogP contribution in [0.5, 0.6) is 5.75 Å². The lowest BCUT2D eigenvalue weighted by Crippen LogP contribution is -2.38. The number of aryl methyl sites for hydroxylation is 1. The Morgan fingerprint density at radius 3 is 2.62 bits per heavy atom. The summed E-state index contributed by atoms with van der Waals surface area (Å²) in [6.07, 6.45) is 2.07. The van der Waals surface area contributed by atoms with Gasteiger partial charge in [-0.05, 0) is 37.5 Å². The van der Waals surface area contributed by atoms with E-state index >= 15 is 0 Å². The van der Waals surface area contributed by atoms with Crippen molar-refractivity contribution in [1.29, 1.82) is 0 Å². The Morgan fingerprint density at radius 2 is 1.97 bits per heavy atom. The molecule has 1 aromatic heterocycles. The van der Waals surface area contributed by atoms with Crippen LogP contribution in [0.2, 0.25) is 0 Å². The predicted octanol–water partition coefficient (Wildman–Crippen LogP) is 3.27. The zero-order valence-corrected chi connectivity index (χ0v) is 22.3. The lowest BCUT2D eigenvalue weighted by atomic mass is 10.1. The van der Waals surface area contributed by atoms with Crippen molar-refractivity contribution in [3.63, 3.8) is 0 Å². The highest BCUT2D eigenvalue weighted by Gasteiger charge is 2.15. The number of hydrogen-bond acceptors (Lipinski definition) is 4. The van der Waals surface area contributed by atoms with Gasteiger partial charge in [0.05, 0.1) is 12.2 Å². The minimum absolute atomic E-state index is 0. The summed E-state index contributed by atoms with van der Waals surface area (Å²) in [7, 11) is 3.99. The number of likely N-dealkylation sites (N-methyl/N-ethyl adjacent to an activating group) is 1. The number of nitrogens with one attached hydrogen (secondary N) is 2. The fourth-order valence-corrected chi connectivity index (χ4v) is 3.26. The second-order valence-corrected chi connectivity index (χ2v) is 7.78. The summed E-state index contributed by atoms with van der Waals surface area (Å²) in [5.41, 5.74) is 3.33. The quantitative estimate of drug-likeness (QED) is 0.267. The molecule has 2 rings (SSSR count). The summed E-state index contributed by atoms with van der Waals surface area (Å²) < 4.78 is 7.45. The van der Waals surface area contributed by atoms with E-state index < -0.39 is 0 Å². The summed E-state index contributed by atoms with van der Waals surface area (Å²) in [6.45, 7) is 10.9. The lowest BCUT2D eigenvalue weighted by molar-refractivity contribution is -0.122. The number of benzene rings is 1. The Bertz CT molecular complexity index is 881. The molecular formula is C23H37IN6O2. The molecule has 8 nitrogen and oxygen atoms in total. The highest BCUT2D eigenvalue weighted by atomic mass is 127. The van der Waals surface area contributed by atoms with Gasteiger partial charge in [0.2, 0.25) is 0 Å². The number of rotatable bonds is 10. The first kappa shape index (κ1) is 27.7. The average Bonchev–Trinajstić information content (AvgIpc) is 3.10. The predicted molar refractivity (Wildman–Crippen MR) is 140 cm³/mol. The molecule has 0 bridgehead atoms. The van der Waals surface area contributed by atoms with Gasteiger partial charge in [0.15, 0.2) is 12.6 Å². The van der Waals surface area contributed by atoms with E-state index in [0.717, 1.165) is 30.3 Å². The first-order valence-electron chi connectivity index (χ1n) is 10.8. The molecule has 178 valence electrons. The Hall–Kier alpha value is -2.30. The van der Waals surface area contributed by atoms with Crippen molar-refractivity contribution in [2.75, 3.05) is 26.7 Å². The minimum atomic E-state index is -0.127. The summed E-state index contributed by atoms with van der Waals surface area (Å²) in [6, 6.07) is 7.69. The molecule has 0 aliphatic heterocycles. The van der Waals surface area contributed by atoms with E-state index in [1.54, 1.807) is 0 Å².